The topological polar surface area (TPSA) is 28.1 Å². The Morgan fingerprint density at radius 1 is 0.880 bits per heavy atom. The summed E-state index contributed by atoms with van der Waals surface area (Å²) in [7, 11) is 1.71. The van der Waals surface area contributed by atoms with E-state index in [1.807, 2.05) is 45.0 Å². The number of hydrazone groups is 1. The lowest BCUT2D eigenvalue weighted by Crippen LogP contribution is -2.25. The van der Waals surface area contributed by atoms with Crippen LogP contribution in [0.1, 0.15) is 118 Å². The van der Waals surface area contributed by atoms with Gasteiger partial charge in [-0.05, 0) is 119 Å². The second kappa shape index (κ2) is 27.7. The van der Waals surface area contributed by atoms with Gasteiger partial charge in [0.2, 0.25) is 0 Å². The molecule has 6 heteroatoms. The Morgan fingerprint density at radius 2 is 1.50 bits per heavy atom. The lowest BCUT2D eigenvalue weighted by molar-refractivity contribution is 0.330. The van der Waals surface area contributed by atoms with Crippen LogP contribution in [0.15, 0.2) is 84.6 Å². The van der Waals surface area contributed by atoms with Crippen molar-refractivity contribution in [3.8, 4) is 5.75 Å². The highest BCUT2D eigenvalue weighted by Gasteiger charge is 2.20. The van der Waals surface area contributed by atoms with Crippen LogP contribution in [0, 0.1) is 18.8 Å². The first-order valence-corrected chi connectivity index (χ1v) is 19.4. The quantitative estimate of drug-likeness (QED) is 0.109. The molecule has 2 unspecified atom stereocenters. The molecule has 0 radical (unpaired) electrons. The number of ether oxygens (including phenoxy) is 1. The average Bonchev–Trinajstić information content (AvgIpc) is 3.11. The fourth-order valence-electron chi connectivity index (χ4n) is 5.64. The van der Waals surface area contributed by atoms with E-state index in [9.17, 15) is 0 Å². The fraction of sp³-hybridized carbons (Fsp3) is 0.523. The molecule has 280 valence electrons. The maximum Gasteiger partial charge on any atom is 0.119 e. The SMILES string of the molecule is C=CN(/N=C\C)C(C)C.CC.CCC(CC(C)C)C(C)c1ccc(Cl)cc1Cl.CCCN(CCCc1ccc(C)cc1)c1ccc(OC)cc1. The van der Waals surface area contributed by atoms with E-state index >= 15 is 0 Å². The molecule has 3 aromatic rings. The van der Waals surface area contributed by atoms with Gasteiger partial charge >= 0.3 is 0 Å². The zero-order chi connectivity index (χ0) is 38.1. The summed E-state index contributed by atoms with van der Waals surface area (Å²) in [6.45, 7) is 29.3. The number of halogens is 2. The maximum absolute atomic E-state index is 6.28. The first-order chi connectivity index (χ1) is 23.9. The third kappa shape index (κ3) is 18.9. The number of methoxy groups -OCH3 is 1. The van der Waals surface area contributed by atoms with Crippen molar-refractivity contribution < 1.29 is 4.74 Å². The fourth-order valence-corrected chi connectivity index (χ4v) is 6.22. The molecule has 3 aromatic carbocycles. The number of hydrogen-bond acceptors (Lipinski definition) is 4. The Bertz CT molecular complexity index is 1310. The number of hydrogen-bond donors (Lipinski definition) is 0. The normalized spacial score (nSPS) is 11.8. The number of rotatable bonds is 16. The molecule has 0 heterocycles. The highest BCUT2D eigenvalue weighted by molar-refractivity contribution is 6.35. The van der Waals surface area contributed by atoms with Gasteiger partial charge in [-0.1, -0.05) is 121 Å². The Hall–Kier alpha value is -2.95. The van der Waals surface area contributed by atoms with Crippen molar-refractivity contribution in [1.82, 2.24) is 5.01 Å². The third-order valence-electron chi connectivity index (χ3n) is 8.37. The van der Waals surface area contributed by atoms with E-state index in [1.54, 1.807) is 24.5 Å². The standard InChI is InChI=1S/C20H27NO.C15H22Cl2.C7H14N2.C2H6/c1-4-15-21(19-11-13-20(22-3)14-12-19)16-5-6-18-9-7-17(2)8-10-18;1-5-12(8-10(2)3)11(4)14-7-6-13(16)9-15(14)17;1-5-8-9(6-2)7(3)4;1-2/h7-14H,4-6,15-16H2,1-3H3;6-7,9-12H,5,8H2,1-4H3;5-7H,2H2,1,3-4H3;1-2H3/b;;8-5-;. The molecule has 0 bridgehead atoms. The Labute approximate surface area is 317 Å². The zero-order valence-electron chi connectivity index (χ0n) is 33.5. The van der Waals surface area contributed by atoms with Gasteiger partial charge in [0.25, 0.3) is 0 Å². The van der Waals surface area contributed by atoms with Gasteiger partial charge in [-0.25, -0.2) is 0 Å². The first-order valence-electron chi connectivity index (χ1n) is 18.7. The molecule has 0 aromatic heterocycles. The molecular weight excluding hydrogens is 657 g/mol. The predicted molar refractivity (Wildman–Crippen MR) is 226 cm³/mol. The smallest absolute Gasteiger partial charge is 0.119 e. The minimum atomic E-state index is 0.402. The molecule has 2 atom stereocenters. The minimum Gasteiger partial charge on any atom is -0.497 e. The maximum atomic E-state index is 6.28. The van der Waals surface area contributed by atoms with Gasteiger partial charge in [0, 0.05) is 47.3 Å². The summed E-state index contributed by atoms with van der Waals surface area (Å²) in [4.78, 5) is 2.47. The van der Waals surface area contributed by atoms with Gasteiger partial charge in [-0.3, -0.25) is 5.01 Å². The van der Waals surface area contributed by atoms with E-state index in [1.165, 1.54) is 41.6 Å². The van der Waals surface area contributed by atoms with Crippen LogP contribution >= 0.6 is 23.2 Å². The van der Waals surface area contributed by atoms with Crippen molar-refractivity contribution in [1.29, 1.82) is 0 Å². The van der Waals surface area contributed by atoms with Gasteiger partial charge in [0.1, 0.15) is 5.75 Å². The van der Waals surface area contributed by atoms with Crippen molar-refractivity contribution in [2.75, 3.05) is 25.1 Å². The van der Waals surface area contributed by atoms with Crippen LogP contribution < -0.4 is 9.64 Å². The van der Waals surface area contributed by atoms with Gasteiger partial charge in [0.05, 0.1) is 7.11 Å². The summed E-state index contributed by atoms with van der Waals surface area (Å²) in [5, 5.41) is 7.35. The lowest BCUT2D eigenvalue weighted by atomic mass is 9.81. The number of aryl methyl sites for hydroxylation is 2. The molecule has 0 fully saturated rings. The molecule has 0 amide bonds. The monoisotopic (exact) mass is 725 g/mol. The molecule has 0 spiro atoms. The van der Waals surface area contributed by atoms with Crippen molar-refractivity contribution in [3.05, 3.63) is 106 Å². The second-order valence-electron chi connectivity index (χ2n) is 13.1. The Morgan fingerprint density at radius 3 is 1.94 bits per heavy atom. The minimum absolute atomic E-state index is 0.402. The summed E-state index contributed by atoms with van der Waals surface area (Å²) >= 11 is 12.2. The van der Waals surface area contributed by atoms with Gasteiger partial charge in [-0.15, -0.1) is 0 Å². The van der Waals surface area contributed by atoms with Crippen LogP contribution in [0.4, 0.5) is 5.69 Å². The van der Waals surface area contributed by atoms with Crippen molar-refractivity contribution in [2.45, 2.75) is 120 Å². The van der Waals surface area contributed by atoms with Crippen molar-refractivity contribution in [3.63, 3.8) is 0 Å². The van der Waals surface area contributed by atoms with E-state index in [2.05, 4.69) is 114 Å². The van der Waals surface area contributed by atoms with Crippen molar-refractivity contribution in [2.24, 2.45) is 16.9 Å². The Kier molecular flexibility index (Phi) is 26.1. The summed E-state index contributed by atoms with van der Waals surface area (Å²) in [5.74, 6) is 2.83. The van der Waals surface area contributed by atoms with Crippen LogP contribution in [0.25, 0.3) is 0 Å². The van der Waals surface area contributed by atoms with E-state index < -0.39 is 0 Å². The Balaban J connectivity index is 0.000000761. The predicted octanol–water partition coefficient (Wildman–Crippen LogP) is 13.9. The van der Waals surface area contributed by atoms with Crippen LogP contribution in [-0.4, -0.2) is 37.5 Å². The van der Waals surface area contributed by atoms with Crippen LogP contribution in [-0.2, 0) is 6.42 Å². The number of nitrogens with zero attached hydrogens (tertiary/aromatic N) is 3. The summed E-state index contributed by atoms with van der Waals surface area (Å²) < 4.78 is 5.24. The third-order valence-corrected chi connectivity index (χ3v) is 8.93. The molecule has 0 saturated carbocycles. The van der Waals surface area contributed by atoms with E-state index in [0.29, 0.717) is 22.9 Å². The molecular formula is C44H69Cl2N3O. The highest BCUT2D eigenvalue weighted by Crippen LogP contribution is 2.36. The van der Waals surface area contributed by atoms with Crippen LogP contribution in [0.3, 0.4) is 0 Å². The molecule has 0 aliphatic carbocycles. The average molecular weight is 727 g/mol. The summed E-state index contributed by atoms with van der Waals surface area (Å²) in [6.07, 6.45) is 9.38. The lowest BCUT2D eigenvalue weighted by Gasteiger charge is -2.25. The second-order valence-corrected chi connectivity index (χ2v) is 13.9. The van der Waals surface area contributed by atoms with E-state index in [4.69, 9.17) is 27.9 Å². The molecule has 4 nitrogen and oxygen atoms in total. The molecule has 0 N–H and O–H groups in total. The van der Waals surface area contributed by atoms with Gasteiger partial charge < -0.3 is 9.64 Å². The zero-order valence-corrected chi connectivity index (χ0v) is 35.0. The number of benzene rings is 3. The number of anilines is 1. The molecule has 3 rings (SSSR count). The van der Waals surface area contributed by atoms with Crippen LogP contribution in [0.5, 0.6) is 5.75 Å². The highest BCUT2D eigenvalue weighted by atomic mass is 35.5. The van der Waals surface area contributed by atoms with Gasteiger partial charge in [-0.2, -0.15) is 5.10 Å². The molecule has 0 aliphatic heterocycles. The first kappa shape index (κ1) is 47.1. The largest absolute Gasteiger partial charge is 0.497 e. The van der Waals surface area contributed by atoms with E-state index in [0.717, 1.165) is 42.6 Å². The van der Waals surface area contributed by atoms with Gasteiger partial charge in [0.15, 0.2) is 0 Å². The molecule has 50 heavy (non-hydrogen) atoms. The summed E-state index contributed by atoms with van der Waals surface area (Å²) in [6, 6.07) is 23.5. The van der Waals surface area contributed by atoms with Crippen LogP contribution in [0.2, 0.25) is 10.0 Å². The summed E-state index contributed by atoms with van der Waals surface area (Å²) in [5.41, 5.74) is 5.27. The van der Waals surface area contributed by atoms with E-state index in [-0.39, 0.29) is 0 Å². The van der Waals surface area contributed by atoms with Crippen molar-refractivity contribution >= 4 is 35.1 Å². The molecule has 0 aliphatic rings. The molecule has 0 saturated heterocycles.